The predicted octanol–water partition coefficient (Wildman–Crippen LogP) is 3.78. The Labute approximate surface area is 668 Å². The van der Waals surface area contributed by atoms with E-state index >= 15 is 0 Å². The number of guanidine groups is 2. The first-order valence-electron chi connectivity index (χ1n) is 36.6. The van der Waals surface area contributed by atoms with E-state index in [0.717, 1.165) is 37.3 Å². The molecule has 0 bridgehead atoms. The zero-order chi connectivity index (χ0) is 84.2. The zero-order valence-electron chi connectivity index (χ0n) is 65.3. The maximum atomic E-state index is 14.7. The van der Waals surface area contributed by atoms with Gasteiger partial charge >= 0.3 is 0 Å². The quantitative estimate of drug-likeness (QED) is 0.0102. The van der Waals surface area contributed by atoms with Crippen LogP contribution in [0.1, 0.15) is 51.2 Å². The molecule has 35 nitrogen and oxygen atoms in total. The summed E-state index contributed by atoms with van der Waals surface area (Å²) in [5.41, 5.74) is 20.8. The number of methoxy groups -OCH3 is 1. The number of benzene rings is 4. The number of amides is 4. The van der Waals surface area contributed by atoms with Crippen LogP contribution in [0.25, 0.3) is 12.2 Å². The largest absolute Gasteiger partial charge is 0.451 e. The van der Waals surface area contributed by atoms with Crippen molar-refractivity contribution in [1.29, 1.82) is 0 Å². The van der Waals surface area contributed by atoms with Crippen molar-refractivity contribution in [2.75, 3.05) is 225 Å². The van der Waals surface area contributed by atoms with E-state index in [1.165, 1.54) is 74.5 Å². The molecule has 4 rings (SSSR count). The maximum Gasteiger partial charge on any atom is 0.275 e. The number of halogens is 4. The van der Waals surface area contributed by atoms with Gasteiger partial charge in [0.25, 0.3) is 11.8 Å². The summed E-state index contributed by atoms with van der Waals surface area (Å²) < 4.78 is 205. The van der Waals surface area contributed by atoms with Crippen molar-refractivity contribution in [1.82, 2.24) is 20.1 Å². The minimum absolute atomic E-state index is 0.0178. The van der Waals surface area contributed by atoms with Crippen LogP contribution in [0.3, 0.4) is 0 Å². The fourth-order valence-corrected chi connectivity index (χ4v) is 10.8. The van der Waals surface area contributed by atoms with Crippen molar-refractivity contribution in [2.45, 2.75) is 49.8 Å². The number of nitrogens with one attached hydrogen (secondary N) is 4. The third-order valence-electron chi connectivity index (χ3n) is 14.3. The molecule has 0 aromatic heterocycles. The van der Waals surface area contributed by atoms with Gasteiger partial charge in [0.1, 0.15) is 11.5 Å². The lowest BCUT2D eigenvalue weighted by Gasteiger charge is -2.11. The van der Waals surface area contributed by atoms with Gasteiger partial charge in [-0.3, -0.25) is 19.2 Å². The van der Waals surface area contributed by atoms with Gasteiger partial charge in [0, 0.05) is 63.9 Å². The van der Waals surface area contributed by atoms with E-state index in [1.54, 1.807) is 7.11 Å². The normalized spacial score (nSPS) is 11.8. The number of ether oxygens (including phenoxy) is 17. The van der Waals surface area contributed by atoms with Crippen molar-refractivity contribution in [3.63, 3.8) is 0 Å². The number of rotatable bonds is 65. The van der Waals surface area contributed by atoms with Gasteiger partial charge in [0.15, 0.2) is 46.7 Å². The van der Waals surface area contributed by atoms with E-state index in [4.69, 9.17) is 103 Å². The number of hydrogen-bond acceptors (Lipinski definition) is 25. The molecule has 0 atom stereocenters. The Hall–Kier alpha value is -8.28. The molecule has 12 N–H and O–H groups in total. The van der Waals surface area contributed by atoms with E-state index in [-0.39, 0.29) is 134 Å². The van der Waals surface area contributed by atoms with Gasteiger partial charge in [0.2, 0.25) is 31.9 Å². The van der Waals surface area contributed by atoms with Crippen LogP contribution in [0.2, 0.25) is 0 Å². The second-order valence-electron chi connectivity index (χ2n) is 23.7. The van der Waals surface area contributed by atoms with Gasteiger partial charge in [-0.05, 0) is 116 Å². The number of hydrogen-bond donors (Lipinski definition) is 8. The second-order valence-corrected chi connectivity index (χ2v) is 27.2. The standard InChI is InChI=1S/C39H59F2N5O13S.C35H51F2N5O12S/c1-3-11-51-15-19-55-23-25-58-26-24-56-20-16-52-12-8-36(47)44-9-13-53-17-21-57-22-18-54-14-10-45-60(49,50)33-6-4-32(5-7-33)59-37-34(40)28-31(29-35(37)41)27-30(2)38(48)46-39(42)43;1-26(34(44)42-35(38)39)23-27-24-30(36)33(31(37)25-27)54-28-3-5-29(6-4-28)55(45,46)41-9-12-50-17-20-53-19-16-49-11-8-40-32(43)7-10-48-15-18-52-22-21-51-14-13-47-2/h4-7,27-29,45H,3,8-26H2,1-2H3,(H,44,47)(H4,42,43,46,48);3-6,23-25,41H,7-22H2,1-2H3,(H,40,43)(H4,38,39,42,44)/b30-27+;26-23+. The van der Waals surface area contributed by atoms with Gasteiger partial charge in [-0.15, -0.1) is 0 Å². The first kappa shape index (κ1) is 101. The molecule has 0 aliphatic carbocycles. The fraction of sp³-hybridized carbons (Fsp3) is 0.541. The minimum Gasteiger partial charge on any atom is -0.451 e. The van der Waals surface area contributed by atoms with E-state index in [0.29, 0.717) is 145 Å². The molecular formula is C74H110F4N10O25S2. The molecule has 0 heterocycles. The molecule has 0 unspecified atom stereocenters. The van der Waals surface area contributed by atoms with Gasteiger partial charge in [0.05, 0.1) is 195 Å². The van der Waals surface area contributed by atoms with Gasteiger partial charge in [-0.25, -0.2) is 43.8 Å². The molecule has 41 heteroatoms. The SMILES string of the molecule is CCCOCCOCCOCCOCCOCCC(=O)NCCOCCOCCOCCNS(=O)(=O)c1ccc(Oc2c(F)cc(/C=C(\C)C(=O)N=C(N)N)cc2F)cc1.COCCOCCOCCOCCC(=O)NCCOCCOCCOCCNS(=O)(=O)c1ccc(Oc2c(F)cc(/C=C(\C)C(=O)N=C(N)N)cc2F)cc1. The molecule has 115 heavy (non-hydrogen) atoms. The molecule has 0 aliphatic rings. The summed E-state index contributed by atoms with van der Waals surface area (Å²) in [5.74, 6) is -8.46. The van der Waals surface area contributed by atoms with Gasteiger partial charge < -0.3 is 114 Å². The van der Waals surface area contributed by atoms with Crippen LogP contribution in [0.4, 0.5) is 17.6 Å². The summed E-state index contributed by atoms with van der Waals surface area (Å²) in [6.07, 6.45) is 3.84. The Kier molecular flexibility index (Phi) is 54.4. The first-order valence-corrected chi connectivity index (χ1v) is 39.6. The molecule has 0 aliphatic heterocycles. The summed E-state index contributed by atoms with van der Waals surface area (Å²) in [6.45, 7) is 16.5. The molecular weight excluding hydrogens is 1570 g/mol. The van der Waals surface area contributed by atoms with Crippen molar-refractivity contribution in [2.24, 2.45) is 32.9 Å². The number of sulfonamides is 2. The minimum atomic E-state index is -3.92. The highest BCUT2D eigenvalue weighted by atomic mass is 32.2. The average molecular weight is 1680 g/mol. The van der Waals surface area contributed by atoms with Crippen molar-refractivity contribution >= 4 is 67.7 Å². The fourth-order valence-electron chi connectivity index (χ4n) is 8.75. The van der Waals surface area contributed by atoms with E-state index in [2.05, 4.69) is 37.0 Å². The molecule has 0 saturated heterocycles. The second kappa shape index (κ2) is 62.0. The lowest BCUT2D eigenvalue weighted by atomic mass is 10.1. The lowest BCUT2D eigenvalue weighted by Crippen LogP contribution is -2.28. The molecule has 0 fully saturated rings. The summed E-state index contributed by atoms with van der Waals surface area (Å²) in [4.78, 5) is 54.0. The van der Waals surface area contributed by atoms with Crippen LogP contribution in [0.15, 0.2) is 104 Å². The Bertz CT molecular complexity index is 3750. The lowest BCUT2D eigenvalue weighted by molar-refractivity contribution is -0.123. The summed E-state index contributed by atoms with van der Waals surface area (Å²) >= 11 is 0. The van der Waals surface area contributed by atoms with Crippen LogP contribution in [-0.4, -0.2) is 277 Å². The van der Waals surface area contributed by atoms with Crippen LogP contribution in [0, 0.1) is 23.3 Å². The number of nitrogens with two attached hydrogens (primary N) is 4. The topological polar surface area (TPSA) is 470 Å². The van der Waals surface area contributed by atoms with Crippen molar-refractivity contribution in [3.8, 4) is 23.0 Å². The number of carbonyl (C=O) groups excluding carboxylic acids is 4. The molecule has 4 amide bonds. The summed E-state index contributed by atoms with van der Waals surface area (Å²) in [6, 6.07) is 13.6. The number of aliphatic imine (C=N–C) groups is 2. The van der Waals surface area contributed by atoms with Crippen LogP contribution >= 0.6 is 0 Å². The van der Waals surface area contributed by atoms with Crippen LogP contribution in [0.5, 0.6) is 23.0 Å². The molecule has 4 aromatic rings. The van der Waals surface area contributed by atoms with Gasteiger partial charge in [-0.2, -0.15) is 9.98 Å². The third-order valence-corrected chi connectivity index (χ3v) is 17.3. The molecule has 4 aromatic carbocycles. The first-order chi connectivity index (χ1) is 55.3. The van der Waals surface area contributed by atoms with Crippen molar-refractivity contribution in [3.05, 3.63) is 118 Å². The highest BCUT2D eigenvalue weighted by molar-refractivity contribution is 7.89. The third kappa shape index (κ3) is 48.8. The maximum absolute atomic E-state index is 14.7. The molecule has 0 saturated carbocycles. The smallest absolute Gasteiger partial charge is 0.275 e. The average Bonchev–Trinajstić information content (AvgIpc) is 0.791. The van der Waals surface area contributed by atoms with E-state index < -0.39 is 78.5 Å². The number of nitrogens with zero attached hydrogens (tertiary/aromatic N) is 2. The Morgan fingerprint density at radius 3 is 0.896 bits per heavy atom. The van der Waals surface area contributed by atoms with Crippen LogP contribution in [-0.2, 0) is 110 Å². The number of carbonyl (C=O) groups is 4. The molecule has 0 spiro atoms. The van der Waals surface area contributed by atoms with E-state index in [9.17, 15) is 53.6 Å². The molecule has 0 radical (unpaired) electrons. The van der Waals surface area contributed by atoms with Crippen LogP contribution < -0.4 is 52.5 Å². The summed E-state index contributed by atoms with van der Waals surface area (Å²) in [7, 11) is -6.22. The monoisotopic (exact) mass is 1680 g/mol. The van der Waals surface area contributed by atoms with Crippen molar-refractivity contribution < 1.29 is 134 Å². The highest BCUT2D eigenvalue weighted by Gasteiger charge is 2.20. The summed E-state index contributed by atoms with van der Waals surface area (Å²) in [5, 5.41) is 5.49. The molecule has 646 valence electrons. The zero-order valence-corrected chi connectivity index (χ0v) is 66.9. The van der Waals surface area contributed by atoms with Gasteiger partial charge in [-0.1, -0.05) is 6.92 Å². The predicted molar refractivity (Wildman–Crippen MR) is 414 cm³/mol. The Morgan fingerprint density at radius 1 is 0.374 bits per heavy atom. The van der Waals surface area contributed by atoms with E-state index in [1.807, 2.05) is 0 Å². The Balaban J connectivity index is 0.000000597. The highest BCUT2D eigenvalue weighted by Crippen LogP contribution is 2.32. The Morgan fingerprint density at radius 2 is 0.626 bits per heavy atom.